The number of piperidine rings is 2. The first-order valence-electron chi connectivity index (χ1n) is 8.81. The minimum Gasteiger partial charge on any atom is -0.341 e. The molecule has 21 heavy (non-hydrogen) atoms. The van der Waals surface area contributed by atoms with Gasteiger partial charge in [-0.3, -0.25) is 9.69 Å². The van der Waals surface area contributed by atoms with Gasteiger partial charge < -0.3 is 10.2 Å². The van der Waals surface area contributed by atoms with Crippen molar-refractivity contribution in [3.05, 3.63) is 0 Å². The zero-order valence-electron chi connectivity index (χ0n) is 14.1. The lowest BCUT2D eigenvalue weighted by molar-refractivity contribution is -0.140. The second-order valence-corrected chi connectivity index (χ2v) is 7.11. The highest BCUT2D eigenvalue weighted by Crippen LogP contribution is 2.23. The van der Waals surface area contributed by atoms with Gasteiger partial charge in [-0.2, -0.15) is 0 Å². The van der Waals surface area contributed by atoms with Crippen molar-refractivity contribution in [3.8, 4) is 0 Å². The lowest BCUT2D eigenvalue weighted by atomic mass is 9.93. The monoisotopic (exact) mass is 295 g/mol. The van der Waals surface area contributed by atoms with Gasteiger partial charge in [0.05, 0.1) is 6.04 Å². The molecule has 1 amide bonds. The molecule has 0 aliphatic carbocycles. The molecular weight excluding hydrogens is 262 g/mol. The van der Waals surface area contributed by atoms with Crippen LogP contribution in [0.25, 0.3) is 0 Å². The largest absolute Gasteiger partial charge is 0.341 e. The van der Waals surface area contributed by atoms with Crippen molar-refractivity contribution in [2.75, 3.05) is 39.8 Å². The molecule has 0 aromatic carbocycles. The van der Waals surface area contributed by atoms with Gasteiger partial charge in [0.2, 0.25) is 5.91 Å². The number of amides is 1. The molecule has 0 aromatic heterocycles. The molecule has 1 N–H and O–H groups in total. The van der Waals surface area contributed by atoms with Gasteiger partial charge >= 0.3 is 0 Å². The summed E-state index contributed by atoms with van der Waals surface area (Å²) in [4.78, 5) is 17.5. The molecule has 2 aliphatic heterocycles. The number of nitrogens with one attached hydrogen (secondary N) is 1. The predicted molar refractivity (Wildman–Crippen MR) is 87.3 cm³/mol. The average Bonchev–Trinajstić information content (AvgIpc) is 2.49. The third kappa shape index (κ3) is 4.43. The summed E-state index contributed by atoms with van der Waals surface area (Å²) >= 11 is 0. The van der Waals surface area contributed by atoms with Crippen molar-refractivity contribution in [3.63, 3.8) is 0 Å². The third-order valence-electron chi connectivity index (χ3n) is 5.09. The molecule has 4 nitrogen and oxygen atoms in total. The van der Waals surface area contributed by atoms with E-state index in [1.165, 1.54) is 19.3 Å². The van der Waals surface area contributed by atoms with Crippen molar-refractivity contribution in [2.45, 2.75) is 52.0 Å². The van der Waals surface area contributed by atoms with Crippen LogP contribution < -0.4 is 5.32 Å². The lowest BCUT2D eigenvalue weighted by Gasteiger charge is -2.40. The average molecular weight is 295 g/mol. The number of rotatable bonds is 5. The van der Waals surface area contributed by atoms with Crippen LogP contribution in [-0.2, 0) is 4.79 Å². The fourth-order valence-corrected chi connectivity index (χ4v) is 3.89. The maximum absolute atomic E-state index is 13.0. The summed E-state index contributed by atoms with van der Waals surface area (Å²) in [5.41, 5.74) is 0. The SMILES string of the molecule is CNCC1CCN(C(=O)C(C(C)C)N2CCCCC2)CC1. The molecule has 4 heteroatoms. The quantitative estimate of drug-likeness (QED) is 0.842. The summed E-state index contributed by atoms with van der Waals surface area (Å²) in [5, 5.41) is 3.26. The number of hydrogen-bond donors (Lipinski definition) is 1. The van der Waals surface area contributed by atoms with Crippen molar-refractivity contribution in [1.29, 1.82) is 0 Å². The predicted octanol–water partition coefficient (Wildman–Crippen LogP) is 1.95. The van der Waals surface area contributed by atoms with Crippen LogP contribution in [0.15, 0.2) is 0 Å². The normalized spacial score (nSPS) is 23.5. The van der Waals surface area contributed by atoms with E-state index in [2.05, 4.69) is 29.0 Å². The summed E-state index contributed by atoms with van der Waals surface area (Å²) in [6, 6.07) is 0.103. The molecule has 0 saturated carbocycles. The highest BCUT2D eigenvalue weighted by atomic mass is 16.2. The molecule has 2 rings (SSSR count). The second kappa shape index (κ2) is 8.14. The van der Waals surface area contributed by atoms with Crippen molar-refractivity contribution in [1.82, 2.24) is 15.1 Å². The van der Waals surface area contributed by atoms with Crippen molar-refractivity contribution >= 4 is 5.91 Å². The minimum atomic E-state index is 0.103. The summed E-state index contributed by atoms with van der Waals surface area (Å²) in [6.45, 7) is 9.58. The number of nitrogens with zero attached hydrogens (tertiary/aromatic N) is 2. The van der Waals surface area contributed by atoms with Gasteiger partial charge in [-0.1, -0.05) is 20.3 Å². The van der Waals surface area contributed by atoms with Gasteiger partial charge in [0.25, 0.3) is 0 Å². The Labute approximate surface area is 130 Å². The smallest absolute Gasteiger partial charge is 0.240 e. The van der Waals surface area contributed by atoms with Crippen LogP contribution in [0.5, 0.6) is 0 Å². The first kappa shape index (κ1) is 16.8. The second-order valence-electron chi connectivity index (χ2n) is 7.11. The van der Waals surface area contributed by atoms with Crippen molar-refractivity contribution in [2.24, 2.45) is 11.8 Å². The summed E-state index contributed by atoms with van der Waals surface area (Å²) in [6.07, 6.45) is 6.13. The Morgan fingerprint density at radius 3 is 2.24 bits per heavy atom. The molecule has 1 unspecified atom stereocenters. The molecule has 2 aliphatic rings. The van der Waals surface area contributed by atoms with Gasteiger partial charge in [0.15, 0.2) is 0 Å². The molecule has 0 spiro atoms. The van der Waals surface area contributed by atoms with Crippen LogP contribution >= 0.6 is 0 Å². The first-order chi connectivity index (χ1) is 10.1. The van der Waals surface area contributed by atoms with Gasteiger partial charge in [0.1, 0.15) is 0 Å². The summed E-state index contributed by atoms with van der Waals surface area (Å²) in [7, 11) is 2.02. The topological polar surface area (TPSA) is 35.6 Å². The first-order valence-corrected chi connectivity index (χ1v) is 8.81. The highest BCUT2D eigenvalue weighted by Gasteiger charge is 2.34. The molecule has 0 aromatic rings. The van der Waals surface area contributed by atoms with E-state index in [0.717, 1.165) is 51.5 Å². The van der Waals surface area contributed by atoms with Crippen LogP contribution in [0.2, 0.25) is 0 Å². The van der Waals surface area contributed by atoms with Gasteiger partial charge in [0, 0.05) is 13.1 Å². The summed E-state index contributed by atoms with van der Waals surface area (Å²) in [5.74, 6) is 1.53. The maximum atomic E-state index is 13.0. The van der Waals surface area contributed by atoms with E-state index < -0.39 is 0 Å². The minimum absolute atomic E-state index is 0.103. The maximum Gasteiger partial charge on any atom is 0.240 e. The number of hydrogen-bond acceptors (Lipinski definition) is 3. The van der Waals surface area contributed by atoms with E-state index in [1.54, 1.807) is 0 Å². The molecule has 2 heterocycles. The molecule has 0 bridgehead atoms. The standard InChI is InChI=1S/C17H33N3O/c1-14(2)16(19-9-5-4-6-10-19)17(21)20-11-7-15(8-12-20)13-18-3/h14-16,18H,4-13H2,1-3H3. The van der Waals surface area contributed by atoms with E-state index in [1.807, 2.05) is 7.05 Å². The van der Waals surface area contributed by atoms with Crippen LogP contribution in [0.3, 0.4) is 0 Å². The Hall–Kier alpha value is -0.610. The fraction of sp³-hybridized carbons (Fsp3) is 0.941. The number of carbonyl (C=O) groups excluding carboxylic acids is 1. The molecular formula is C17H33N3O. The van der Waals surface area contributed by atoms with Gasteiger partial charge in [-0.15, -0.1) is 0 Å². The Morgan fingerprint density at radius 1 is 1.10 bits per heavy atom. The van der Waals surface area contributed by atoms with E-state index in [9.17, 15) is 4.79 Å². The fourth-order valence-electron chi connectivity index (χ4n) is 3.89. The van der Waals surface area contributed by atoms with Crippen LogP contribution in [0.4, 0.5) is 0 Å². The van der Waals surface area contributed by atoms with E-state index in [-0.39, 0.29) is 6.04 Å². The number of carbonyl (C=O) groups is 1. The zero-order chi connectivity index (χ0) is 15.2. The molecule has 122 valence electrons. The number of likely N-dealkylation sites (tertiary alicyclic amines) is 2. The van der Waals surface area contributed by atoms with Crippen LogP contribution in [0.1, 0.15) is 46.0 Å². The Bertz CT molecular complexity index is 318. The van der Waals surface area contributed by atoms with E-state index in [4.69, 9.17) is 0 Å². The molecule has 1 atom stereocenters. The van der Waals surface area contributed by atoms with E-state index in [0.29, 0.717) is 11.8 Å². The molecule has 2 saturated heterocycles. The zero-order valence-corrected chi connectivity index (χ0v) is 14.1. The van der Waals surface area contributed by atoms with Crippen LogP contribution in [-0.4, -0.2) is 61.5 Å². The third-order valence-corrected chi connectivity index (χ3v) is 5.09. The van der Waals surface area contributed by atoms with Crippen molar-refractivity contribution < 1.29 is 4.79 Å². The Balaban J connectivity index is 1.92. The molecule has 0 radical (unpaired) electrons. The Kier molecular flexibility index (Phi) is 6.49. The highest BCUT2D eigenvalue weighted by molar-refractivity contribution is 5.82. The Morgan fingerprint density at radius 2 is 1.71 bits per heavy atom. The lowest BCUT2D eigenvalue weighted by Crippen LogP contribution is -2.54. The van der Waals surface area contributed by atoms with Gasteiger partial charge in [-0.25, -0.2) is 0 Å². The van der Waals surface area contributed by atoms with Crippen LogP contribution in [0, 0.1) is 11.8 Å². The van der Waals surface area contributed by atoms with E-state index >= 15 is 0 Å². The summed E-state index contributed by atoms with van der Waals surface area (Å²) < 4.78 is 0. The molecule has 2 fully saturated rings. The van der Waals surface area contributed by atoms with Gasteiger partial charge in [-0.05, 0) is 64.2 Å².